The molecule has 0 amide bonds. The minimum atomic E-state index is 0.590. The van der Waals surface area contributed by atoms with Crippen molar-refractivity contribution in [2.24, 2.45) is 0 Å². The van der Waals surface area contributed by atoms with E-state index in [4.69, 9.17) is 26.1 Å². The molecule has 0 aliphatic rings. The summed E-state index contributed by atoms with van der Waals surface area (Å²) in [6.45, 7) is 5.01. The lowest BCUT2D eigenvalue weighted by Crippen LogP contribution is -2.09. The topological polar surface area (TPSA) is 36.3 Å². The number of ether oxygens (including phenoxy) is 2. The molecular weight excluding hydrogens is 288 g/mol. The summed E-state index contributed by atoms with van der Waals surface area (Å²) in [7, 11) is 1.68. The van der Waals surface area contributed by atoms with Crippen molar-refractivity contribution in [1.82, 2.24) is 9.55 Å². The highest BCUT2D eigenvalue weighted by molar-refractivity contribution is 6.17. The smallest absolute Gasteiger partial charge is 0.111 e. The predicted octanol–water partition coefficient (Wildman–Crippen LogP) is 3.18. The van der Waals surface area contributed by atoms with Gasteiger partial charge in [-0.05, 0) is 31.0 Å². The molecule has 0 aliphatic carbocycles. The van der Waals surface area contributed by atoms with Gasteiger partial charge in [0.25, 0.3) is 0 Å². The number of aromatic nitrogens is 2. The Kier molecular flexibility index (Phi) is 6.49. The van der Waals surface area contributed by atoms with Crippen LogP contribution in [0, 0.1) is 6.92 Å². The molecule has 0 radical (unpaired) electrons. The van der Waals surface area contributed by atoms with Crippen molar-refractivity contribution in [2.45, 2.75) is 26.3 Å². The molecule has 0 atom stereocenters. The van der Waals surface area contributed by atoms with Gasteiger partial charge >= 0.3 is 0 Å². The zero-order valence-corrected chi connectivity index (χ0v) is 13.5. The van der Waals surface area contributed by atoms with Crippen LogP contribution in [0.3, 0.4) is 0 Å². The second-order valence-electron chi connectivity index (χ2n) is 5.07. The normalized spacial score (nSPS) is 11.4. The Morgan fingerprint density at radius 2 is 2.10 bits per heavy atom. The zero-order chi connectivity index (χ0) is 15.1. The van der Waals surface area contributed by atoms with Crippen molar-refractivity contribution < 1.29 is 9.47 Å². The molecule has 0 fully saturated rings. The summed E-state index contributed by atoms with van der Waals surface area (Å²) in [6.07, 6.45) is 1.75. The van der Waals surface area contributed by atoms with Gasteiger partial charge in [-0.1, -0.05) is 6.07 Å². The Labute approximate surface area is 131 Å². The van der Waals surface area contributed by atoms with Crippen molar-refractivity contribution >= 4 is 22.6 Å². The van der Waals surface area contributed by atoms with E-state index in [1.165, 1.54) is 11.1 Å². The summed E-state index contributed by atoms with van der Waals surface area (Å²) in [4.78, 5) is 4.71. The standard InChI is InChI=1S/C16H23ClN2O2/c1-13-4-5-15-14(12-13)18-16(6-7-17)19(15)8-3-9-21-11-10-20-2/h4-5,12H,3,6-11H2,1-2H3. The molecule has 1 heterocycles. The second-order valence-corrected chi connectivity index (χ2v) is 5.45. The minimum absolute atomic E-state index is 0.590. The van der Waals surface area contributed by atoms with Gasteiger partial charge in [0.2, 0.25) is 0 Å². The third kappa shape index (κ3) is 4.43. The van der Waals surface area contributed by atoms with Crippen LogP contribution in [0.25, 0.3) is 11.0 Å². The first-order valence-corrected chi connectivity index (χ1v) is 7.88. The molecule has 21 heavy (non-hydrogen) atoms. The first-order chi connectivity index (χ1) is 10.3. The van der Waals surface area contributed by atoms with Crippen molar-refractivity contribution in [3.8, 4) is 0 Å². The van der Waals surface area contributed by atoms with Gasteiger partial charge in [0, 0.05) is 32.6 Å². The van der Waals surface area contributed by atoms with E-state index in [-0.39, 0.29) is 0 Å². The van der Waals surface area contributed by atoms with Crippen LogP contribution in [0.1, 0.15) is 17.8 Å². The molecule has 0 saturated carbocycles. The van der Waals surface area contributed by atoms with Crippen LogP contribution in [0.5, 0.6) is 0 Å². The molecule has 4 nitrogen and oxygen atoms in total. The maximum Gasteiger partial charge on any atom is 0.111 e. The van der Waals surface area contributed by atoms with Gasteiger partial charge in [-0.3, -0.25) is 0 Å². The summed E-state index contributed by atoms with van der Waals surface area (Å²) in [6, 6.07) is 6.39. The molecule has 1 aromatic carbocycles. The molecular formula is C16H23ClN2O2. The van der Waals surface area contributed by atoms with Crippen molar-refractivity contribution in [1.29, 1.82) is 0 Å². The molecule has 5 heteroatoms. The maximum atomic E-state index is 5.89. The second kappa shape index (κ2) is 8.37. The van der Waals surface area contributed by atoms with Gasteiger partial charge in [-0.25, -0.2) is 4.98 Å². The highest BCUT2D eigenvalue weighted by atomic mass is 35.5. The Morgan fingerprint density at radius 3 is 2.86 bits per heavy atom. The highest BCUT2D eigenvalue weighted by Crippen LogP contribution is 2.19. The number of rotatable bonds is 9. The van der Waals surface area contributed by atoms with Crippen LogP contribution in [-0.4, -0.2) is 42.4 Å². The number of aryl methyl sites for hydroxylation is 3. The van der Waals surface area contributed by atoms with Crippen LogP contribution in [0.2, 0.25) is 0 Å². The van der Waals surface area contributed by atoms with Crippen LogP contribution in [0.4, 0.5) is 0 Å². The average Bonchev–Trinajstić information content (AvgIpc) is 2.80. The SMILES string of the molecule is COCCOCCCn1c(CCCl)nc2cc(C)ccc21. The van der Waals surface area contributed by atoms with E-state index in [9.17, 15) is 0 Å². The minimum Gasteiger partial charge on any atom is -0.382 e. The number of alkyl halides is 1. The summed E-state index contributed by atoms with van der Waals surface area (Å²) >= 11 is 5.89. The Hall–Kier alpha value is -1.10. The number of benzene rings is 1. The first-order valence-electron chi connectivity index (χ1n) is 7.34. The lowest BCUT2D eigenvalue weighted by Gasteiger charge is -2.09. The monoisotopic (exact) mass is 310 g/mol. The largest absolute Gasteiger partial charge is 0.382 e. The number of halogens is 1. The number of nitrogens with zero attached hydrogens (tertiary/aromatic N) is 2. The molecule has 0 bridgehead atoms. The van der Waals surface area contributed by atoms with Gasteiger partial charge in [0.05, 0.1) is 24.2 Å². The number of methoxy groups -OCH3 is 1. The van der Waals surface area contributed by atoms with Gasteiger partial charge in [0.1, 0.15) is 5.82 Å². The summed E-state index contributed by atoms with van der Waals surface area (Å²) in [5.74, 6) is 1.65. The number of imidazole rings is 1. The Bertz CT molecular complexity index is 569. The molecule has 0 spiro atoms. The van der Waals surface area contributed by atoms with Crippen LogP contribution < -0.4 is 0 Å². The van der Waals surface area contributed by atoms with Gasteiger partial charge in [-0.2, -0.15) is 0 Å². The molecule has 0 aliphatic heterocycles. The number of hydrogen-bond donors (Lipinski definition) is 0. The van der Waals surface area contributed by atoms with E-state index in [1.807, 2.05) is 0 Å². The van der Waals surface area contributed by atoms with E-state index in [0.717, 1.165) is 37.3 Å². The van der Waals surface area contributed by atoms with Crippen LogP contribution in [-0.2, 0) is 22.4 Å². The van der Waals surface area contributed by atoms with Crippen LogP contribution in [0.15, 0.2) is 18.2 Å². The quantitative estimate of drug-likeness (QED) is 0.527. The maximum absolute atomic E-state index is 5.89. The molecule has 1 aromatic heterocycles. The van der Waals surface area contributed by atoms with E-state index in [1.54, 1.807) is 7.11 Å². The fraction of sp³-hybridized carbons (Fsp3) is 0.562. The molecule has 0 N–H and O–H groups in total. The van der Waals surface area contributed by atoms with Crippen molar-refractivity contribution in [3.63, 3.8) is 0 Å². The lowest BCUT2D eigenvalue weighted by atomic mass is 10.2. The molecule has 0 saturated heterocycles. The summed E-state index contributed by atoms with van der Waals surface area (Å²) in [5.41, 5.74) is 3.46. The average molecular weight is 311 g/mol. The molecule has 2 aromatic rings. The number of fused-ring (bicyclic) bond motifs is 1. The van der Waals surface area contributed by atoms with Crippen LogP contribution >= 0.6 is 11.6 Å². The predicted molar refractivity (Wildman–Crippen MR) is 86.2 cm³/mol. The molecule has 2 rings (SSSR count). The third-order valence-corrected chi connectivity index (χ3v) is 3.59. The fourth-order valence-corrected chi connectivity index (χ4v) is 2.55. The third-order valence-electron chi connectivity index (χ3n) is 3.40. The Morgan fingerprint density at radius 1 is 1.24 bits per heavy atom. The fourth-order valence-electron chi connectivity index (χ4n) is 2.38. The summed E-state index contributed by atoms with van der Waals surface area (Å²) in [5, 5.41) is 0. The van der Waals surface area contributed by atoms with Crippen molar-refractivity contribution in [2.75, 3.05) is 32.8 Å². The first kappa shape index (κ1) is 16.3. The number of hydrogen-bond acceptors (Lipinski definition) is 3. The van der Waals surface area contributed by atoms with Gasteiger partial charge in [0.15, 0.2) is 0 Å². The van der Waals surface area contributed by atoms with E-state index < -0.39 is 0 Å². The van der Waals surface area contributed by atoms with Crippen molar-refractivity contribution in [3.05, 3.63) is 29.6 Å². The van der Waals surface area contributed by atoms with E-state index >= 15 is 0 Å². The van der Waals surface area contributed by atoms with E-state index in [2.05, 4.69) is 29.7 Å². The van der Waals surface area contributed by atoms with E-state index in [0.29, 0.717) is 19.1 Å². The van der Waals surface area contributed by atoms with Gasteiger partial charge < -0.3 is 14.0 Å². The molecule has 0 unspecified atom stereocenters. The molecule has 116 valence electrons. The highest BCUT2D eigenvalue weighted by Gasteiger charge is 2.10. The Balaban J connectivity index is 2.04. The van der Waals surface area contributed by atoms with Gasteiger partial charge in [-0.15, -0.1) is 11.6 Å². The zero-order valence-electron chi connectivity index (χ0n) is 12.8. The lowest BCUT2D eigenvalue weighted by molar-refractivity contribution is 0.0680. The summed E-state index contributed by atoms with van der Waals surface area (Å²) < 4.78 is 12.7.